The first-order valence-corrected chi connectivity index (χ1v) is 12.9. The highest BCUT2D eigenvalue weighted by Crippen LogP contribution is 2.11. The highest BCUT2D eigenvalue weighted by Gasteiger charge is 2.19. The average Bonchev–Trinajstić information content (AvgIpc) is 2.78. The Morgan fingerprint density at radius 3 is 1.82 bits per heavy atom. The Bertz CT molecular complexity index is 642. The molecule has 0 heterocycles. The van der Waals surface area contributed by atoms with Crippen LogP contribution in [0.15, 0.2) is 36.4 Å². The summed E-state index contributed by atoms with van der Waals surface area (Å²) in [6, 6.07) is 5.54. The second kappa shape index (κ2) is 21.6. The molecule has 0 atom stereocenters. The van der Waals surface area contributed by atoms with Crippen LogP contribution in [0.3, 0.4) is 0 Å². The van der Waals surface area contributed by atoms with Gasteiger partial charge in [0.1, 0.15) is 0 Å². The molecule has 0 fully saturated rings. The van der Waals surface area contributed by atoms with Gasteiger partial charge in [-0.2, -0.15) is 0 Å². The number of aromatic carboxylic acids is 1. The zero-order valence-corrected chi connectivity index (χ0v) is 21.0. The minimum absolute atomic E-state index is 0.0714. The van der Waals surface area contributed by atoms with Crippen molar-refractivity contribution in [2.45, 2.75) is 103 Å². The fraction of sp³-hybridized carbons (Fsp3) is 0.667. The van der Waals surface area contributed by atoms with Gasteiger partial charge in [-0.1, -0.05) is 94.4 Å². The van der Waals surface area contributed by atoms with Gasteiger partial charge in [-0.15, -0.1) is 0 Å². The molecule has 1 aromatic rings. The van der Waals surface area contributed by atoms with E-state index in [9.17, 15) is 9.90 Å². The Labute approximate surface area is 205 Å². The molecule has 0 amide bonds. The first-order chi connectivity index (χ1) is 16.3. The topological polar surface area (TPSA) is 138 Å². The van der Waals surface area contributed by atoms with E-state index in [0.717, 1.165) is 13.0 Å². The molecule has 0 saturated carbocycles. The summed E-state index contributed by atoms with van der Waals surface area (Å²) in [6.07, 6.45) is 22.8. The molecular formula is C27H47NO6. The number of allylic oxidation sites excluding steroid dienone is 2. The molecular weight excluding hydrogens is 434 g/mol. The molecule has 0 unspecified atom stereocenters. The Balaban J connectivity index is 0.000000896. The first-order valence-electron chi connectivity index (χ1n) is 12.9. The summed E-state index contributed by atoms with van der Waals surface area (Å²) >= 11 is 0. The lowest BCUT2D eigenvalue weighted by molar-refractivity contribution is -0.688. The summed E-state index contributed by atoms with van der Waals surface area (Å²) in [6.45, 7) is 3.03. The van der Waals surface area contributed by atoms with Crippen LogP contribution in [0, 0.1) is 0 Å². The normalized spacial score (nSPS) is 11.4. The van der Waals surface area contributed by atoms with E-state index < -0.39 is 17.7 Å². The van der Waals surface area contributed by atoms with Gasteiger partial charge in [-0.05, 0) is 44.6 Å². The Morgan fingerprint density at radius 2 is 1.35 bits per heavy atom. The van der Waals surface area contributed by atoms with E-state index >= 15 is 0 Å². The number of nitrogens with two attached hydrogens (primary N) is 1. The molecule has 1 aromatic carbocycles. The lowest BCUT2D eigenvalue weighted by atomic mass is 10.1. The number of carboxylic acids is 1. The summed E-state index contributed by atoms with van der Waals surface area (Å²) in [7, 11) is 0. The van der Waals surface area contributed by atoms with Gasteiger partial charge in [0, 0.05) is 0 Å². The maximum absolute atomic E-state index is 10.7. The molecule has 1 rings (SSSR count). The van der Waals surface area contributed by atoms with Gasteiger partial charge >= 0.3 is 11.9 Å². The molecule has 6 N–H and O–H groups in total. The molecule has 0 aliphatic heterocycles. The van der Waals surface area contributed by atoms with E-state index in [2.05, 4.69) is 19.1 Å². The van der Waals surface area contributed by atoms with E-state index in [1.807, 2.05) is 0 Å². The summed E-state index contributed by atoms with van der Waals surface area (Å²) in [5.41, 5.74) is -0.178. The van der Waals surface area contributed by atoms with Crippen molar-refractivity contribution in [3.8, 4) is 5.75 Å². The van der Waals surface area contributed by atoms with Crippen LogP contribution >= 0.6 is 0 Å². The molecule has 7 nitrogen and oxygen atoms in total. The standard InChI is InChI=1S/C20H41NO3.C7H6O3/c1-2-3-4-5-6-7-8-9-10-11-12-13-14-15-16-17-18-21-19-20(22,23)24;8-6-4-2-1-3-5(6)7(9)10/h9-10,21-24H,2-8,11-19H2,1H3;1-4,8H,(H,9,10)/b10-9-;. The fourth-order valence-electron chi connectivity index (χ4n) is 3.48. The quantitative estimate of drug-likeness (QED) is 0.116. The summed E-state index contributed by atoms with van der Waals surface area (Å²) < 4.78 is 0. The van der Waals surface area contributed by atoms with Gasteiger partial charge in [0.25, 0.3) is 0 Å². The number of aliphatic hydroxyl groups is 3. The number of carbonyl (C=O) groups is 1. The molecule has 196 valence electrons. The lowest BCUT2D eigenvalue weighted by Crippen LogP contribution is -2.88. The van der Waals surface area contributed by atoms with Crippen molar-refractivity contribution < 1.29 is 35.6 Å². The second-order valence-electron chi connectivity index (χ2n) is 8.79. The van der Waals surface area contributed by atoms with Crippen molar-refractivity contribution in [1.82, 2.24) is 0 Å². The van der Waals surface area contributed by atoms with Crippen molar-refractivity contribution in [1.29, 1.82) is 0 Å². The number of unbranched alkanes of at least 4 members (excludes halogenated alkanes) is 12. The summed E-state index contributed by atoms with van der Waals surface area (Å²) in [5, 5.41) is 47.0. The smallest absolute Gasteiger partial charge is 0.335 e. The van der Waals surface area contributed by atoms with E-state index in [0.29, 0.717) is 0 Å². The van der Waals surface area contributed by atoms with Crippen LogP contribution in [0.25, 0.3) is 0 Å². The fourth-order valence-corrected chi connectivity index (χ4v) is 3.48. The van der Waals surface area contributed by atoms with Crippen LogP contribution in [0.1, 0.15) is 107 Å². The number of quaternary nitrogens is 1. The predicted octanol–water partition coefficient (Wildman–Crippen LogP) is 3.68. The third kappa shape index (κ3) is 21.9. The number of para-hydroxylation sites is 1. The van der Waals surface area contributed by atoms with Crippen molar-refractivity contribution in [2.75, 3.05) is 13.1 Å². The van der Waals surface area contributed by atoms with E-state index in [4.69, 9.17) is 20.4 Å². The number of hydrogen-bond donors (Lipinski definition) is 5. The third-order valence-corrected chi connectivity index (χ3v) is 5.46. The van der Waals surface area contributed by atoms with E-state index in [1.54, 1.807) is 5.32 Å². The van der Waals surface area contributed by atoms with Crippen LogP contribution in [-0.4, -0.2) is 45.5 Å². The minimum atomic E-state index is -2.53. The van der Waals surface area contributed by atoms with Gasteiger partial charge in [0.05, 0.1) is 12.1 Å². The van der Waals surface area contributed by atoms with E-state index in [-0.39, 0.29) is 12.1 Å². The van der Waals surface area contributed by atoms with Gasteiger partial charge in [-0.3, -0.25) is 0 Å². The minimum Gasteiger partial charge on any atom is -0.872 e. The molecule has 0 aliphatic carbocycles. The van der Waals surface area contributed by atoms with Crippen LogP contribution in [0.4, 0.5) is 0 Å². The zero-order valence-electron chi connectivity index (χ0n) is 21.0. The monoisotopic (exact) mass is 481 g/mol. The van der Waals surface area contributed by atoms with Crippen LogP contribution in [0.2, 0.25) is 0 Å². The molecule has 0 saturated heterocycles. The highest BCUT2D eigenvalue weighted by molar-refractivity contribution is 5.90. The number of benzene rings is 1. The molecule has 7 heteroatoms. The van der Waals surface area contributed by atoms with Crippen LogP contribution < -0.4 is 10.4 Å². The highest BCUT2D eigenvalue weighted by atomic mass is 16.7. The second-order valence-corrected chi connectivity index (χ2v) is 8.79. The molecule has 0 aromatic heterocycles. The summed E-state index contributed by atoms with van der Waals surface area (Å²) in [5.74, 6) is -4.15. The van der Waals surface area contributed by atoms with Crippen molar-refractivity contribution >= 4 is 5.97 Å². The SMILES string of the molecule is CCCCCCCC/C=C\CCCCCCCC[NH2+]CC(O)(O)O.O=C(O)c1ccccc1[O-]. The summed E-state index contributed by atoms with van der Waals surface area (Å²) in [4.78, 5) is 10.2. The molecule has 0 bridgehead atoms. The van der Waals surface area contributed by atoms with Crippen molar-refractivity contribution in [3.63, 3.8) is 0 Å². The maximum Gasteiger partial charge on any atom is 0.335 e. The first kappa shape index (κ1) is 32.1. The van der Waals surface area contributed by atoms with Crippen LogP contribution in [-0.2, 0) is 0 Å². The Kier molecular flexibility index (Phi) is 20.4. The largest absolute Gasteiger partial charge is 0.872 e. The van der Waals surface area contributed by atoms with Gasteiger partial charge in [-0.25, -0.2) is 4.79 Å². The van der Waals surface area contributed by atoms with Gasteiger partial charge in [0.2, 0.25) is 0 Å². The zero-order chi connectivity index (χ0) is 25.5. The maximum atomic E-state index is 10.7. The molecule has 0 aliphatic rings. The lowest BCUT2D eigenvalue weighted by Gasteiger charge is -2.11. The molecule has 34 heavy (non-hydrogen) atoms. The number of carboxylic acid groups (broad SMARTS) is 1. The van der Waals surface area contributed by atoms with Gasteiger partial charge < -0.3 is 30.8 Å². The number of rotatable bonds is 19. The average molecular weight is 482 g/mol. The number of hydrogen-bond acceptors (Lipinski definition) is 5. The van der Waals surface area contributed by atoms with E-state index in [1.165, 1.54) is 108 Å². The molecule has 0 spiro atoms. The molecule has 0 radical (unpaired) electrons. The Morgan fingerprint density at radius 1 is 0.853 bits per heavy atom. The Hall–Kier alpha value is -1.93. The van der Waals surface area contributed by atoms with Crippen LogP contribution in [0.5, 0.6) is 5.75 Å². The van der Waals surface area contributed by atoms with Gasteiger partial charge in [0.15, 0.2) is 6.54 Å². The third-order valence-electron chi connectivity index (χ3n) is 5.46. The predicted molar refractivity (Wildman–Crippen MR) is 133 cm³/mol. The van der Waals surface area contributed by atoms with Crippen molar-refractivity contribution in [2.24, 2.45) is 0 Å². The van der Waals surface area contributed by atoms with Crippen molar-refractivity contribution in [3.05, 3.63) is 42.0 Å².